The predicted octanol–water partition coefficient (Wildman–Crippen LogP) is 19.8. The van der Waals surface area contributed by atoms with Gasteiger partial charge in [-0.3, -0.25) is 0 Å². The summed E-state index contributed by atoms with van der Waals surface area (Å²) in [4.78, 5) is 4.70. The van der Waals surface area contributed by atoms with Crippen molar-refractivity contribution in [3.63, 3.8) is 0 Å². The van der Waals surface area contributed by atoms with Crippen molar-refractivity contribution in [3.05, 3.63) is 267 Å². The molecule has 4 heterocycles. The van der Waals surface area contributed by atoms with Gasteiger partial charge in [0.05, 0.1) is 22.1 Å². The monoisotopic (exact) mass is 972 g/mol. The van der Waals surface area contributed by atoms with Crippen LogP contribution in [0, 0.1) is 0 Å². The Balaban J connectivity index is 0.809. The number of hydrogen-bond donors (Lipinski definition) is 0. The van der Waals surface area contributed by atoms with Crippen LogP contribution in [-0.2, 0) is 0 Å². The minimum absolute atomic E-state index is 0.839. The Morgan fingerprint density at radius 3 is 0.974 bits per heavy atom. The normalized spacial score (nSPS) is 11.9. The number of rotatable bonds is 8. The number of anilines is 6. The zero-order valence-electron chi connectivity index (χ0n) is 41.0. The van der Waals surface area contributed by atoms with Crippen LogP contribution in [0.5, 0.6) is 0 Å². The Labute approximate surface area is 436 Å². The van der Waals surface area contributed by atoms with Crippen molar-refractivity contribution in [2.75, 3.05) is 9.80 Å². The van der Waals surface area contributed by atoms with Crippen LogP contribution < -0.4 is 9.80 Å². The summed E-state index contributed by atoms with van der Waals surface area (Å²) in [7, 11) is 0. The second kappa shape index (κ2) is 16.6. The molecule has 356 valence electrons. The molecule has 4 aromatic heterocycles. The van der Waals surface area contributed by atoms with E-state index in [0.29, 0.717) is 0 Å². The maximum atomic E-state index is 6.72. The van der Waals surface area contributed by atoms with Gasteiger partial charge in [-0.1, -0.05) is 109 Å². The molecule has 12 aromatic carbocycles. The van der Waals surface area contributed by atoms with Gasteiger partial charge >= 0.3 is 0 Å². The lowest BCUT2D eigenvalue weighted by Gasteiger charge is -2.25. The summed E-state index contributed by atoms with van der Waals surface area (Å²) in [6.07, 6.45) is 0. The van der Waals surface area contributed by atoms with E-state index >= 15 is 0 Å². The molecule has 0 saturated carbocycles. The predicted molar refractivity (Wildman–Crippen MR) is 317 cm³/mol. The van der Waals surface area contributed by atoms with Crippen molar-refractivity contribution in [2.24, 2.45) is 0 Å². The summed E-state index contributed by atoms with van der Waals surface area (Å²) < 4.78 is 18.2. The van der Waals surface area contributed by atoms with Gasteiger partial charge < -0.3 is 27.8 Å². The fourth-order valence-corrected chi connectivity index (χ4v) is 12.0. The molecule has 0 atom stereocenters. The molecule has 0 unspecified atom stereocenters. The van der Waals surface area contributed by atoms with Crippen molar-refractivity contribution in [3.8, 4) is 11.4 Å². The van der Waals surface area contributed by atoms with Crippen molar-refractivity contribution >= 4 is 132 Å². The third-order valence-corrected chi connectivity index (χ3v) is 15.4. The average Bonchev–Trinajstić information content (AvgIpc) is 4.27. The fourth-order valence-electron chi connectivity index (χ4n) is 12.0. The molecule has 0 aliphatic rings. The van der Waals surface area contributed by atoms with Gasteiger partial charge in [0, 0.05) is 88.6 Å². The highest BCUT2D eigenvalue weighted by Crippen LogP contribution is 2.45. The Kier molecular flexibility index (Phi) is 9.23. The number of hydrogen-bond acceptors (Lipinski definition) is 4. The number of benzene rings is 12. The van der Waals surface area contributed by atoms with Crippen molar-refractivity contribution in [1.29, 1.82) is 0 Å². The summed E-state index contributed by atoms with van der Waals surface area (Å²) in [5.74, 6) is 0. The highest BCUT2D eigenvalue weighted by Gasteiger charge is 2.22. The first-order chi connectivity index (χ1) is 37.7. The summed E-state index contributed by atoms with van der Waals surface area (Å²) in [6.45, 7) is 0. The van der Waals surface area contributed by atoms with Crippen molar-refractivity contribution in [1.82, 2.24) is 9.13 Å². The molecule has 76 heavy (non-hydrogen) atoms. The molecular weight excluding hydrogens is 929 g/mol. The first-order valence-corrected chi connectivity index (χ1v) is 25.8. The van der Waals surface area contributed by atoms with Crippen molar-refractivity contribution in [2.45, 2.75) is 0 Å². The molecule has 0 aliphatic heterocycles. The number of furan rings is 2. The molecule has 0 radical (unpaired) electrons. The average molecular weight is 973 g/mol. The van der Waals surface area contributed by atoms with E-state index in [1.165, 1.54) is 43.6 Å². The first-order valence-electron chi connectivity index (χ1n) is 25.8. The van der Waals surface area contributed by atoms with Gasteiger partial charge in [0.2, 0.25) is 0 Å². The lowest BCUT2D eigenvalue weighted by Crippen LogP contribution is -2.09. The molecule has 16 aromatic rings. The lowest BCUT2D eigenvalue weighted by molar-refractivity contribution is 0.668. The van der Waals surface area contributed by atoms with Gasteiger partial charge in [-0.15, -0.1) is 0 Å². The second-order valence-electron chi connectivity index (χ2n) is 19.7. The summed E-state index contributed by atoms with van der Waals surface area (Å²) >= 11 is 0. The number of fused-ring (bicyclic) bond motifs is 13. The van der Waals surface area contributed by atoms with E-state index in [1.54, 1.807) is 0 Å². The third kappa shape index (κ3) is 6.54. The SMILES string of the molecule is c1ccc(N(c2ccc3oc4cc5cc6c(cc5cc4c3c2)oc2ccc(N(c3ccccc3)c3ccc4c(c3)c3ccccc3n4-c3ccccc3)cc26)c2ccc3c(c2)c2ccccc2n3-c2ccccc2)cc1. The topological polar surface area (TPSA) is 42.6 Å². The van der Waals surface area contributed by atoms with Gasteiger partial charge in [-0.25, -0.2) is 0 Å². The summed E-state index contributed by atoms with van der Waals surface area (Å²) in [6, 6.07) is 95.6. The molecule has 6 nitrogen and oxygen atoms in total. The number of aromatic nitrogens is 2. The molecule has 0 bridgehead atoms. The van der Waals surface area contributed by atoms with E-state index in [0.717, 1.165) is 100 Å². The van der Waals surface area contributed by atoms with Crippen LogP contribution in [0.15, 0.2) is 276 Å². The maximum absolute atomic E-state index is 6.72. The zero-order valence-corrected chi connectivity index (χ0v) is 41.0. The number of nitrogens with zero attached hydrogens (tertiary/aromatic N) is 4. The van der Waals surface area contributed by atoms with Gasteiger partial charge in [-0.2, -0.15) is 0 Å². The van der Waals surface area contributed by atoms with Crippen LogP contribution in [0.25, 0.3) is 110 Å². The largest absolute Gasteiger partial charge is 0.456 e. The van der Waals surface area contributed by atoms with Crippen LogP contribution in [0.3, 0.4) is 0 Å². The van der Waals surface area contributed by atoms with E-state index in [4.69, 9.17) is 8.83 Å². The molecule has 0 N–H and O–H groups in total. The Morgan fingerprint density at radius 2 is 0.553 bits per heavy atom. The van der Waals surface area contributed by atoms with Crippen LogP contribution in [0.2, 0.25) is 0 Å². The molecule has 0 fully saturated rings. The van der Waals surface area contributed by atoms with Gasteiger partial charge in [-0.05, 0) is 168 Å². The van der Waals surface area contributed by atoms with E-state index in [1.807, 2.05) is 0 Å². The first kappa shape index (κ1) is 42.2. The smallest absolute Gasteiger partial charge is 0.136 e. The van der Waals surface area contributed by atoms with Gasteiger partial charge in [0.1, 0.15) is 22.3 Å². The molecule has 6 heteroatoms. The van der Waals surface area contributed by atoms with Gasteiger partial charge in [0.15, 0.2) is 0 Å². The van der Waals surface area contributed by atoms with Crippen LogP contribution >= 0.6 is 0 Å². The van der Waals surface area contributed by atoms with Crippen LogP contribution in [-0.4, -0.2) is 9.13 Å². The van der Waals surface area contributed by atoms with Crippen LogP contribution in [0.1, 0.15) is 0 Å². The van der Waals surface area contributed by atoms with Gasteiger partial charge in [0.25, 0.3) is 0 Å². The van der Waals surface area contributed by atoms with E-state index in [9.17, 15) is 0 Å². The fraction of sp³-hybridized carbons (Fsp3) is 0. The Bertz CT molecular complexity index is 4620. The highest BCUT2D eigenvalue weighted by molar-refractivity contribution is 6.17. The summed E-state index contributed by atoms with van der Waals surface area (Å²) in [5.41, 5.74) is 16.7. The Hall–Kier alpha value is -10.3. The molecule has 0 spiro atoms. The molecular formula is C70H44N4O2. The minimum atomic E-state index is 0.839. The molecule has 0 amide bonds. The highest BCUT2D eigenvalue weighted by atomic mass is 16.3. The zero-order chi connectivity index (χ0) is 49.8. The van der Waals surface area contributed by atoms with E-state index < -0.39 is 0 Å². The summed E-state index contributed by atoms with van der Waals surface area (Å²) in [5, 5.41) is 11.2. The van der Waals surface area contributed by atoms with E-state index in [-0.39, 0.29) is 0 Å². The quantitative estimate of drug-likeness (QED) is 0.152. The second-order valence-corrected chi connectivity index (χ2v) is 19.7. The van der Waals surface area contributed by atoms with Crippen LogP contribution in [0.4, 0.5) is 34.1 Å². The molecule has 0 aliphatic carbocycles. The third-order valence-electron chi connectivity index (χ3n) is 15.4. The lowest BCUT2D eigenvalue weighted by atomic mass is 10.0. The Morgan fingerprint density at radius 1 is 0.224 bits per heavy atom. The van der Waals surface area contributed by atoms with E-state index in [2.05, 4.69) is 286 Å². The molecule has 0 saturated heterocycles. The van der Waals surface area contributed by atoms with Crippen molar-refractivity contribution < 1.29 is 8.83 Å². The standard InChI is InChI=1S/C70H44N4O2/c1-5-17-47(18-6-1)71(51-29-33-65-57(41-51)55-25-13-15-27-63(55)73(65)49-21-9-3-10-22-49)53-31-35-67-61(43-53)59-37-45-40-70-60(38-46(45)39-69(59)75-67)62-44-54(32-36-68(62)76-70)72(48-19-7-2-8-20-48)52-30-34-66-58(42-52)56-26-14-16-28-64(56)74(66)50-23-11-4-12-24-50/h1-44H. The number of para-hydroxylation sites is 6. The minimum Gasteiger partial charge on any atom is -0.456 e. The molecule has 16 rings (SSSR count). The maximum Gasteiger partial charge on any atom is 0.136 e.